The number of carbonyl (C=O) groups excluding carboxylic acids is 1. The zero-order chi connectivity index (χ0) is 19.4. The van der Waals surface area contributed by atoms with E-state index >= 15 is 0 Å². The van der Waals surface area contributed by atoms with Crippen LogP contribution in [0.25, 0.3) is 5.69 Å². The van der Waals surface area contributed by atoms with Crippen molar-refractivity contribution in [1.29, 1.82) is 0 Å². The van der Waals surface area contributed by atoms with E-state index in [1.54, 1.807) is 37.4 Å². The molecule has 2 heterocycles. The molecule has 0 unspecified atom stereocenters. The number of benzene rings is 1. The van der Waals surface area contributed by atoms with E-state index < -0.39 is 0 Å². The van der Waals surface area contributed by atoms with Crippen molar-refractivity contribution in [1.82, 2.24) is 25.3 Å². The quantitative estimate of drug-likeness (QED) is 0.703. The van der Waals surface area contributed by atoms with Crippen LogP contribution in [0, 0.1) is 6.92 Å². The molecule has 0 aliphatic rings. The van der Waals surface area contributed by atoms with Crippen molar-refractivity contribution in [3.63, 3.8) is 0 Å². The van der Waals surface area contributed by atoms with Crippen molar-refractivity contribution in [3.05, 3.63) is 64.6 Å². The summed E-state index contributed by atoms with van der Waals surface area (Å²) < 4.78 is 5.50. The van der Waals surface area contributed by atoms with Crippen molar-refractivity contribution in [2.45, 2.75) is 33.4 Å². The van der Waals surface area contributed by atoms with Crippen LogP contribution >= 0.6 is 11.6 Å². The molecule has 0 aliphatic carbocycles. The highest BCUT2D eigenvalue weighted by Crippen LogP contribution is 2.15. The van der Waals surface area contributed by atoms with Gasteiger partial charge in [-0.3, -0.25) is 4.79 Å². The number of amides is 1. The van der Waals surface area contributed by atoms with E-state index in [0.717, 1.165) is 5.56 Å². The highest BCUT2D eigenvalue weighted by atomic mass is 35.5. The molecule has 3 aromatic rings. The summed E-state index contributed by atoms with van der Waals surface area (Å²) >= 11 is 6.00. The highest BCUT2D eigenvalue weighted by molar-refractivity contribution is 6.30. The van der Waals surface area contributed by atoms with Gasteiger partial charge in [0.05, 0.1) is 17.5 Å². The molecule has 7 nitrogen and oxygen atoms in total. The Hall–Kier alpha value is -2.93. The Balaban J connectivity index is 1.66. The van der Waals surface area contributed by atoms with Gasteiger partial charge in [-0.25, -0.2) is 4.98 Å². The van der Waals surface area contributed by atoms with Gasteiger partial charge in [-0.15, -0.1) is 5.10 Å². The number of hydrogen-bond acceptors (Lipinski definition) is 5. The first-order valence-corrected chi connectivity index (χ1v) is 8.90. The fourth-order valence-corrected chi connectivity index (χ4v) is 2.58. The number of ether oxygens (including phenoxy) is 1. The van der Waals surface area contributed by atoms with E-state index in [9.17, 15) is 4.79 Å². The van der Waals surface area contributed by atoms with Gasteiger partial charge in [0.25, 0.3) is 5.91 Å². The van der Waals surface area contributed by atoms with Gasteiger partial charge in [0, 0.05) is 23.8 Å². The molecule has 1 N–H and O–H groups in total. The second-order valence-electron chi connectivity index (χ2n) is 6.26. The molecule has 0 atom stereocenters. The molecule has 1 amide bonds. The van der Waals surface area contributed by atoms with Gasteiger partial charge in [0.1, 0.15) is 0 Å². The van der Waals surface area contributed by atoms with Gasteiger partial charge in [0.15, 0.2) is 5.69 Å². The summed E-state index contributed by atoms with van der Waals surface area (Å²) in [5, 5.41) is 12.0. The summed E-state index contributed by atoms with van der Waals surface area (Å²) in [6, 6.07) is 10.8. The van der Waals surface area contributed by atoms with E-state index in [1.165, 1.54) is 4.80 Å². The second-order valence-corrected chi connectivity index (χ2v) is 6.69. The molecule has 0 fully saturated rings. The zero-order valence-corrected chi connectivity index (χ0v) is 16.1. The average molecular weight is 386 g/mol. The van der Waals surface area contributed by atoms with Crippen LogP contribution in [-0.4, -0.2) is 32.0 Å². The minimum Gasteiger partial charge on any atom is -0.475 e. The minimum atomic E-state index is -0.303. The van der Waals surface area contributed by atoms with E-state index in [-0.39, 0.29) is 17.7 Å². The second kappa shape index (κ2) is 8.18. The number of aryl methyl sites for hydroxylation is 1. The summed E-state index contributed by atoms with van der Waals surface area (Å²) in [5.74, 6) is 0.253. The van der Waals surface area contributed by atoms with Gasteiger partial charge >= 0.3 is 0 Å². The summed E-state index contributed by atoms with van der Waals surface area (Å²) in [7, 11) is 0. The van der Waals surface area contributed by atoms with Gasteiger partial charge in [-0.05, 0) is 44.5 Å². The smallest absolute Gasteiger partial charge is 0.274 e. The maximum atomic E-state index is 12.5. The predicted octanol–water partition coefficient (Wildman–Crippen LogP) is 3.34. The topological polar surface area (TPSA) is 81.9 Å². The lowest BCUT2D eigenvalue weighted by Crippen LogP contribution is -2.24. The minimum absolute atomic E-state index is 0.0631. The third-order valence-electron chi connectivity index (χ3n) is 3.64. The van der Waals surface area contributed by atoms with Crippen molar-refractivity contribution in [3.8, 4) is 11.6 Å². The molecule has 8 heteroatoms. The van der Waals surface area contributed by atoms with Crippen LogP contribution < -0.4 is 10.1 Å². The number of rotatable bonds is 6. The number of hydrogen-bond donors (Lipinski definition) is 1. The molecule has 0 saturated carbocycles. The first kappa shape index (κ1) is 18.8. The Kier molecular flexibility index (Phi) is 5.71. The Labute approximate surface area is 162 Å². The molecule has 0 radical (unpaired) electrons. The van der Waals surface area contributed by atoms with Crippen molar-refractivity contribution in [2.75, 3.05) is 0 Å². The van der Waals surface area contributed by atoms with Gasteiger partial charge in [-0.1, -0.05) is 23.7 Å². The molecule has 27 heavy (non-hydrogen) atoms. The Morgan fingerprint density at radius 1 is 1.26 bits per heavy atom. The van der Waals surface area contributed by atoms with Gasteiger partial charge in [-0.2, -0.15) is 9.90 Å². The Morgan fingerprint density at radius 2 is 2.07 bits per heavy atom. The van der Waals surface area contributed by atoms with Crippen molar-refractivity contribution < 1.29 is 9.53 Å². The van der Waals surface area contributed by atoms with Gasteiger partial charge < -0.3 is 10.1 Å². The fourth-order valence-electron chi connectivity index (χ4n) is 2.40. The van der Waals surface area contributed by atoms with E-state index in [1.807, 2.05) is 26.0 Å². The Morgan fingerprint density at radius 3 is 2.74 bits per heavy atom. The first-order valence-electron chi connectivity index (χ1n) is 8.52. The predicted molar refractivity (Wildman–Crippen MR) is 102 cm³/mol. The normalized spacial score (nSPS) is 10.9. The lowest BCUT2D eigenvalue weighted by atomic mass is 10.2. The van der Waals surface area contributed by atoms with Crippen LogP contribution in [0.2, 0.25) is 5.02 Å². The lowest BCUT2D eigenvalue weighted by Gasteiger charge is -2.09. The number of aromatic nitrogens is 4. The summed E-state index contributed by atoms with van der Waals surface area (Å²) in [4.78, 5) is 18.1. The summed E-state index contributed by atoms with van der Waals surface area (Å²) in [6.07, 6.45) is 1.74. The third kappa shape index (κ3) is 4.83. The molecule has 140 valence electrons. The fraction of sp³-hybridized carbons (Fsp3) is 0.263. The largest absolute Gasteiger partial charge is 0.475 e. The lowest BCUT2D eigenvalue weighted by molar-refractivity contribution is 0.0945. The number of halogens is 1. The number of nitrogens with one attached hydrogen (secondary N) is 1. The highest BCUT2D eigenvalue weighted by Gasteiger charge is 2.16. The molecule has 0 spiro atoms. The van der Waals surface area contributed by atoms with Crippen LogP contribution in [0.4, 0.5) is 0 Å². The summed E-state index contributed by atoms with van der Waals surface area (Å²) in [6.45, 7) is 5.95. The molecular formula is C19H20ClN5O2. The molecule has 0 saturated heterocycles. The van der Waals surface area contributed by atoms with E-state index in [4.69, 9.17) is 16.3 Å². The summed E-state index contributed by atoms with van der Waals surface area (Å²) in [5.41, 5.74) is 2.35. The standard InChI is InChI=1S/C19H20ClN5O2/c1-12(2)27-17-8-7-14(10-21-17)11-22-19(26)18-13(3)23-25(24-18)16-6-4-5-15(20)9-16/h4-10,12H,11H2,1-3H3,(H,22,26). The van der Waals surface area contributed by atoms with Crippen molar-refractivity contribution in [2.24, 2.45) is 0 Å². The third-order valence-corrected chi connectivity index (χ3v) is 3.88. The molecule has 1 aromatic carbocycles. The molecule has 0 aliphatic heterocycles. The van der Waals surface area contributed by atoms with Gasteiger partial charge in [0.2, 0.25) is 5.88 Å². The molecule has 3 rings (SSSR count). The van der Waals surface area contributed by atoms with Crippen LogP contribution in [0.5, 0.6) is 5.88 Å². The monoisotopic (exact) mass is 385 g/mol. The van der Waals surface area contributed by atoms with Crippen molar-refractivity contribution >= 4 is 17.5 Å². The molecule has 2 aromatic heterocycles. The van der Waals surface area contributed by atoms with Crippen LogP contribution in [0.1, 0.15) is 35.6 Å². The SMILES string of the molecule is Cc1nn(-c2cccc(Cl)c2)nc1C(=O)NCc1ccc(OC(C)C)nc1. The zero-order valence-electron chi connectivity index (χ0n) is 15.3. The number of carbonyl (C=O) groups is 1. The average Bonchev–Trinajstić information content (AvgIpc) is 3.02. The first-order chi connectivity index (χ1) is 12.9. The maximum absolute atomic E-state index is 12.5. The Bertz CT molecular complexity index is 938. The van der Waals surface area contributed by atoms with Crippen LogP contribution in [0.3, 0.4) is 0 Å². The number of pyridine rings is 1. The van der Waals surface area contributed by atoms with E-state index in [0.29, 0.717) is 28.8 Å². The van der Waals surface area contributed by atoms with Crippen LogP contribution in [-0.2, 0) is 6.54 Å². The van der Waals surface area contributed by atoms with Crippen LogP contribution in [0.15, 0.2) is 42.6 Å². The number of nitrogens with zero attached hydrogens (tertiary/aromatic N) is 4. The molecular weight excluding hydrogens is 366 g/mol. The molecule has 0 bridgehead atoms. The maximum Gasteiger partial charge on any atom is 0.274 e. The van der Waals surface area contributed by atoms with E-state index in [2.05, 4.69) is 20.5 Å².